The van der Waals surface area contributed by atoms with E-state index in [9.17, 15) is 4.79 Å². The SMILES string of the molecule is CNCc1cccc(Br)c1OCC(=O)Nc1ccccc1. The minimum atomic E-state index is -0.188. The summed E-state index contributed by atoms with van der Waals surface area (Å²) in [6.07, 6.45) is 0. The molecule has 0 aliphatic rings. The Balaban J connectivity index is 1.98. The summed E-state index contributed by atoms with van der Waals surface area (Å²) in [4.78, 5) is 11.9. The molecule has 5 heteroatoms. The largest absolute Gasteiger partial charge is 0.482 e. The van der Waals surface area contributed by atoms with Crippen molar-refractivity contribution in [3.8, 4) is 5.75 Å². The third-order valence-corrected chi connectivity index (χ3v) is 3.45. The zero-order valence-electron chi connectivity index (χ0n) is 11.7. The minimum Gasteiger partial charge on any atom is -0.482 e. The molecule has 0 fully saturated rings. The van der Waals surface area contributed by atoms with Gasteiger partial charge in [-0.1, -0.05) is 30.3 Å². The van der Waals surface area contributed by atoms with Gasteiger partial charge >= 0.3 is 0 Å². The zero-order chi connectivity index (χ0) is 15.1. The third-order valence-electron chi connectivity index (χ3n) is 2.82. The molecule has 0 heterocycles. The molecule has 0 saturated carbocycles. The van der Waals surface area contributed by atoms with Crippen molar-refractivity contribution in [2.75, 3.05) is 19.0 Å². The van der Waals surface area contributed by atoms with Crippen molar-refractivity contribution < 1.29 is 9.53 Å². The molecule has 21 heavy (non-hydrogen) atoms. The van der Waals surface area contributed by atoms with Crippen LogP contribution in [0.15, 0.2) is 53.0 Å². The van der Waals surface area contributed by atoms with Gasteiger partial charge in [0.1, 0.15) is 5.75 Å². The first-order valence-electron chi connectivity index (χ1n) is 6.60. The number of nitrogens with one attached hydrogen (secondary N) is 2. The van der Waals surface area contributed by atoms with Crippen LogP contribution in [0.2, 0.25) is 0 Å². The number of anilines is 1. The molecule has 2 aromatic rings. The van der Waals surface area contributed by atoms with Crippen LogP contribution in [0.4, 0.5) is 5.69 Å². The van der Waals surface area contributed by atoms with Crippen LogP contribution in [-0.4, -0.2) is 19.6 Å². The number of hydrogen-bond donors (Lipinski definition) is 2. The Morgan fingerprint density at radius 1 is 1.14 bits per heavy atom. The molecule has 0 unspecified atom stereocenters. The highest BCUT2D eigenvalue weighted by Gasteiger charge is 2.10. The summed E-state index contributed by atoms with van der Waals surface area (Å²) in [5, 5.41) is 5.87. The topological polar surface area (TPSA) is 50.4 Å². The van der Waals surface area contributed by atoms with Gasteiger partial charge in [0.15, 0.2) is 6.61 Å². The molecule has 0 spiro atoms. The quantitative estimate of drug-likeness (QED) is 0.842. The predicted octanol–water partition coefficient (Wildman–Crippen LogP) is 3.19. The maximum atomic E-state index is 11.9. The van der Waals surface area contributed by atoms with Gasteiger partial charge in [0.25, 0.3) is 5.91 Å². The first kappa shape index (κ1) is 15.5. The van der Waals surface area contributed by atoms with Gasteiger partial charge < -0.3 is 15.4 Å². The second kappa shape index (κ2) is 7.81. The Morgan fingerprint density at radius 3 is 2.62 bits per heavy atom. The predicted molar refractivity (Wildman–Crippen MR) is 87.5 cm³/mol. The third kappa shape index (κ3) is 4.58. The average molecular weight is 349 g/mol. The molecule has 110 valence electrons. The van der Waals surface area contributed by atoms with E-state index >= 15 is 0 Å². The van der Waals surface area contributed by atoms with Crippen molar-refractivity contribution in [3.63, 3.8) is 0 Å². The van der Waals surface area contributed by atoms with Crippen LogP contribution in [-0.2, 0) is 11.3 Å². The number of ether oxygens (including phenoxy) is 1. The Bertz CT molecular complexity index is 602. The molecule has 2 rings (SSSR count). The van der Waals surface area contributed by atoms with Crippen molar-refractivity contribution in [2.45, 2.75) is 6.54 Å². The van der Waals surface area contributed by atoms with E-state index < -0.39 is 0 Å². The summed E-state index contributed by atoms with van der Waals surface area (Å²) < 4.78 is 6.49. The minimum absolute atomic E-state index is 0.0335. The summed E-state index contributed by atoms with van der Waals surface area (Å²) in [6, 6.07) is 15.1. The first-order chi connectivity index (χ1) is 10.2. The summed E-state index contributed by atoms with van der Waals surface area (Å²) in [7, 11) is 1.87. The van der Waals surface area contributed by atoms with Gasteiger partial charge in [-0.15, -0.1) is 0 Å². The Kier molecular flexibility index (Phi) is 5.78. The monoisotopic (exact) mass is 348 g/mol. The lowest BCUT2D eigenvalue weighted by atomic mass is 10.2. The van der Waals surface area contributed by atoms with Gasteiger partial charge in [-0.3, -0.25) is 4.79 Å². The van der Waals surface area contributed by atoms with E-state index in [2.05, 4.69) is 26.6 Å². The number of amides is 1. The maximum Gasteiger partial charge on any atom is 0.262 e. The van der Waals surface area contributed by atoms with Gasteiger partial charge in [-0.2, -0.15) is 0 Å². The number of rotatable bonds is 6. The summed E-state index contributed by atoms with van der Waals surface area (Å²) in [5.74, 6) is 0.502. The van der Waals surface area contributed by atoms with Crippen LogP contribution in [0, 0.1) is 0 Å². The zero-order valence-corrected chi connectivity index (χ0v) is 13.3. The molecule has 4 nitrogen and oxygen atoms in total. The van der Waals surface area contributed by atoms with Crippen molar-refractivity contribution in [1.82, 2.24) is 5.32 Å². The van der Waals surface area contributed by atoms with Crippen LogP contribution in [0.25, 0.3) is 0 Å². The molecule has 0 aliphatic carbocycles. The van der Waals surface area contributed by atoms with E-state index in [-0.39, 0.29) is 12.5 Å². The molecule has 2 aromatic carbocycles. The van der Waals surface area contributed by atoms with Crippen LogP contribution in [0.1, 0.15) is 5.56 Å². The number of carbonyl (C=O) groups excluding carboxylic acids is 1. The number of benzene rings is 2. The van der Waals surface area contributed by atoms with E-state index in [0.29, 0.717) is 12.3 Å². The summed E-state index contributed by atoms with van der Waals surface area (Å²) in [6.45, 7) is 0.642. The molecule has 0 saturated heterocycles. The van der Waals surface area contributed by atoms with Gasteiger partial charge in [0, 0.05) is 17.8 Å². The molecular weight excluding hydrogens is 332 g/mol. The smallest absolute Gasteiger partial charge is 0.262 e. The van der Waals surface area contributed by atoms with E-state index in [1.807, 2.05) is 55.6 Å². The van der Waals surface area contributed by atoms with Gasteiger partial charge in [-0.25, -0.2) is 0 Å². The fraction of sp³-hybridized carbons (Fsp3) is 0.188. The highest BCUT2D eigenvalue weighted by Crippen LogP contribution is 2.29. The number of halogens is 1. The molecule has 0 radical (unpaired) electrons. The lowest BCUT2D eigenvalue weighted by molar-refractivity contribution is -0.118. The van der Waals surface area contributed by atoms with Crippen LogP contribution in [0.3, 0.4) is 0 Å². The van der Waals surface area contributed by atoms with Gasteiger partial charge in [0.2, 0.25) is 0 Å². The number of hydrogen-bond acceptors (Lipinski definition) is 3. The lowest BCUT2D eigenvalue weighted by Crippen LogP contribution is -2.21. The molecular formula is C16H17BrN2O2. The molecule has 1 amide bonds. The highest BCUT2D eigenvalue weighted by atomic mass is 79.9. The second-order valence-corrected chi connectivity index (χ2v) is 5.32. The normalized spacial score (nSPS) is 10.2. The highest BCUT2D eigenvalue weighted by molar-refractivity contribution is 9.10. The lowest BCUT2D eigenvalue weighted by Gasteiger charge is -2.13. The average Bonchev–Trinajstić information content (AvgIpc) is 2.48. The number of carbonyl (C=O) groups is 1. The Morgan fingerprint density at radius 2 is 1.90 bits per heavy atom. The van der Waals surface area contributed by atoms with E-state index in [4.69, 9.17) is 4.74 Å². The van der Waals surface area contributed by atoms with Crippen molar-refractivity contribution in [2.24, 2.45) is 0 Å². The Hall–Kier alpha value is -1.85. The van der Waals surface area contributed by atoms with Gasteiger partial charge in [0.05, 0.1) is 4.47 Å². The summed E-state index contributed by atoms with van der Waals surface area (Å²) >= 11 is 3.45. The Labute approximate surface area is 132 Å². The van der Waals surface area contributed by atoms with Gasteiger partial charge in [-0.05, 0) is 41.2 Å². The van der Waals surface area contributed by atoms with Crippen LogP contribution < -0.4 is 15.4 Å². The fourth-order valence-electron chi connectivity index (χ4n) is 1.90. The molecule has 0 bridgehead atoms. The van der Waals surface area contributed by atoms with Crippen molar-refractivity contribution in [3.05, 3.63) is 58.6 Å². The fourth-order valence-corrected chi connectivity index (χ4v) is 2.42. The van der Waals surface area contributed by atoms with Crippen molar-refractivity contribution in [1.29, 1.82) is 0 Å². The molecule has 0 atom stereocenters. The standard InChI is InChI=1S/C16H17BrN2O2/c1-18-10-12-6-5-9-14(17)16(12)21-11-15(20)19-13-7-3-2-4-8-13/h2-9,18H,10-11H2,1H3,(H,19,20). The maximum absolute atomic E-state index is 11.9. The van der Waals surface area contributed by atoms with Crippen LogP contribution >= 0.6 is 15.9 Å². The molecule has 0 aromatic heterocycles. The van der Waals surface area contributed by atoms with Crippen molar-refractivity contribution >= 4 is 27.5 Å². The second-order valence-electron chi connectivity index (χ2n) is 4.46. The number of para-hydroxylation sites is 2. The van der Waals surface area contributed by atoms with Crippen LogP contribution in [0.5, 0.6) is 5.75 Å². The van der Waals surface area contributed by atoms with E-state index in [1.165, 1.54) is 0 Å². The molecule has 0 aliphatic heterocycles. The van der Waals surface area contributed by atoms with E-state index in [0.717, 1.165) is 15.7 Å². The van der Waals surface area contributed by atoms with E-state index in [1.54, 1.807) is 0 Å². The first-order valence-corrected chi connectivity index (χ1v) is 7.39. The molecule has 2 N–H and O–H groups in total. The summed E-state index contributed by atoms with van der Waals surface area (Å²) in [5.41, 5.74) is 1.76.